The van der Waals surface area contributed by atoms with Crippen LogP contribution in [-0.2, 0) is 0 Å². The van der Waals surface area contributed by atoms with Crippen LogP contribution < -0.4 is 10.1 Å². The van der Waals surface area contributed by atoms with Crippen LogP contribution in [0.4, 0.5) is 11.4 Å². The maximum atomic E-state index is 10.9. The lowest BCUT2D eigenvalue weighted by molar-refractivity contribution is -0.385. The molecule has 1 aromatic carbocycles. The first-order valence-electron chi connectivity index (χ1n) is 6.52. The number of hydrogen-bond acceptors (Lipinski definition) is 6. The van der Waals surface area contributed by atoms with Gasteiger partial charge in [0.1, 0.15) is 0 Å². The van der Waals surface area contributed by atoms with E-state index < -0.39 is 4.92 Å². The number of aliphatic hydroxyl groups excluding tert-OH is 1. The van der Waals surface area contributed by atoms with Gasteiger partial charge in [0, 0.05) is 36.7 Å². The SMILES string of the molecule is CCOc1cc(NCCSCCCO)ccc1[N+](=O)[O-]. The molecule has 0 bridgehead atoms. The highest BCUT2D eigenvalue weighted by molar-refractivity contribution is 7.99. The quantitative estimate of drug-likeness (QED) is 0.392. The van der Waals surface area contributed by atoms with Crippen LogP contribution in [0, 0.1) is 10.1 Å². The molecule has 20 heavy (non-hydrogen) atoms. The first-order valence-corrected chi connectivity index (χ1v) is 7.68. The molecule has 112 valence electrons. The van der Waals surface area contributed by atoms with Crippen molar-refractivity contribution in [2.24, 2.45) is 0 Å². The molecule has 0 fully saturated rings. The van der Waals surface area contributed by atoms with Crippen molar-refractivity contribution in [3.8, 4) is 5.75 Å². The van der Waals surface area contributed by atoms with Crippen molar-refractivity contribution in [2.75, 3.05) is 36.6 Å². The molecule has 6 nitrogen and oxygen atoms in total. The molecular weight excluding hydrogens is 280 g/mol. The van der Waals surface area contributed by atoms with Crippen LogP contribution in [0.25, 0.3) is 0 Å². The molecule has 1 rings (SSSR count). The highest BCUT2D eigenvalue weighted by Crippen LogP contribution is 2.30. The Balaban J connectivity index is 2.50. The lowest BCUT2D eigenvalue weighted by Gasteiger charge is -2.09. The summed E-state index contributed by atoms with van der Waals surface area (Å²) in [6, 6.07) is 4.78. The second kappa shape index (κ2) is 9.44. The molecule has 1 aromatic rings. The van der Waals surface area contributed by atoms with E-state index in [0.29, 0.717) is 6.61 Å². The molecule has 0 aliphatic rings. The molecular formula is C13H20N2O4S. The molecule has 0 aliphatic heterocycles. The normalized spacial score (nSPS) is 10.3. The predicted octanol–water partition coefficient (Wildman–Crippen LogP) is 2.52. The average Bonchev–Trinajstić information content (AvgIpc) is 2.43. The lowest BCUT2D eigenvalue weighted by Crippen LogP contribution is -2.06. The van der Waals surface area contributed by atoms with Gasteiger partial charge in [-0.1, -0.05) is 0 Å². The Labute approximate surface area is 122 Å². The van der Waals surface area contributed by atoms with Gasteiger partial charge in [-0.15, -0.1) is 0 Å². The third-order valence-electron chi connectivity index (χ3n) is 2.48. The number of hydrogen-bond donors (Lipinski definition) is 2. The molecule has 0 spiro atoms. The fraction of sp³-hybridized carbons (Fsp3) is 0.538. The maximum absolute atomic E-state index is 10.9. The number of nitrogens with zero attached hydrogens (tertiary/aromatic N) is 1. The van der Waals surface area contributed by atoms with Gasteiger partial charge in [-0.25, -0.2) is 0 Å². The van der Waals surface area contributed by atoms with Gasteiger partial charge in [-0.2, -0.15) is 11.8 Å². The van der Waals surface area contributed by atoms with Gasteiger partial charge >= 0.3 is 5.69 Å². The van der Waals surface area contributed by atoms with Gasteiger partial charge in [0.25, 0.3) is 0 Å². The highest BCUT2D eigenvalue weighted by atomic mass is 32.2. The van der Waals surface area contributed by atoms with E-state index in [1.165, 1.54) is 6.07 Å². The molecule has 0 heterocycles. The van der Waals surface area contributed by atoms with Crippen LogP contribution >= 0.6 is 11.8 Å². The van der Waals surface area contributed by atoms with E-state index >= 15 is 0 Å². The summed E-state index contributed by atoms with van der Waals surface area (Å²) in [5.74, 6) is 2.14. The van der Waals surface area contributed by atoms with Crippen LogP contribution in [0.3, 0.4) is 0 Å². The third-order valence-corrected chi connectivity index (χ3v) is 3.55. The number of aliphatic hydroxyl groups is 1. The number of thioether (sulfide) groups is 1. The van der Waals surface area contributed by atoms with Crippen LogP contribution in [-0.4, -0.2) is 41.3 Å². The largest absolute Gasteiger partial charge is 0.487 e. The molecule has 0 aromatic heterocycles. The zero-order valence-electron chi connectivity index (χ0n) is 11.5. The first kappa shape index (κ1) is 16.6. The summed E-state index contributed by atoms with van der Waals surface area (Å²) in [4.78, 5) is 10.4. The number of nitro benzene ring substituents is 1. The Morgan fingerprint density at radius 2 is 2.25 bits per heavy atom. The molecule has 2 N–H and O–H groups in total. The van der Waals surface area contributed by atoms with Gasteiger partial charge < -0.3 is 15.2 Å². The molecule has 0 saturated heterocycles. The zero-order chi connectivity index (χ0) is 14.8. The van der Waals surface area contributed by atoms with Gasteiger partial charge in [-0.05, 0) is 25.2 Å². The van der Waals surface area contributed by atoms with E-state index in [9.17, 15) is 10.1 Å². The van der Waals surface area contributed by atoms with Crippen molar-refractivity contribution in [3.05, 3.63) is 28.3 Å². The van der Waals surface area contributed by atoms with Gasteiger partial charge in [0.2, 0.25) is 0 Å². The summed E-state index contributed by atoms with van der Waals surface area (Å²) in [7, 11) is 0. The molecule has 0 amide bonds. The minimum Gasteiger partial charge on any atom is -0.487 e. The Morgan fingerprint density at radius 1 is 1.45 bits per heavy atom. The van der Waals surface area contributed by atoms with Crippen molar-refractivity contribution in [1.29, 1.82) is 0 Å². The fourth-order valence-electron chi connectivity index (χ4n) is 1.58. The van der Waals surface area contributed by atoms with Crippen LogP contribution in [0.2, 0.25) is 0 Å². The van der Waals surface area contributed by atoms with Gasteiger partial charge in [-0.3, -0.25) is 10.1 Å². The molecule has 0 aliphatic carbocycles. The van der Waals surface area contributed by atoms with E-state index in [1.807, 2.05) is 0 Å². The lowest BCUT2D eigenvalue weighted by atomic mass is 10.2. The molecule has 0 radical (unpaired) electrons. The second-order valence-electron chi connectivity index (χ2n) is 3.99. The minimum atomic E-state index is -0.445. The van der Waals surface area contributed by atoms with E-state index in [1.54, 1.807) is 30.8 Å². The molecule has 0 unspecified atom stereocenters. The van der Waals surface area contributed by atoms with E-state index in [2.05, 4.69) is 5.32 Å². The molecule has 0 saturated carbocycles. The van der Waals surface area contributed by atoms with Crippen molar-refractivity contribution in [2.45, 2.75) is 13.3 Å². The molecule has 0 atom stereocenters. The van der Waals surface area contributed by atoms with Crippen molar-refractivity contribution in [3.63, 3.8) is 0 Å². The van der Waals surface area contributed by atoms with Crippen LogP contribution in [0.15, 0.2) is 18.2 Å². The Morgan fingerprint density at radius 3 is 2.90 bits per heavy atom. The summed E-state index contributed by atoms with van der Waals surface area (Å²) < 4.78 is 5.28. The number of nitrogens with one attached hydrogen (secondary N) is 1. The molecule has 7 heteroatoms. The average molecular weight is 300 g/mol. The number of ether oxygens (including phenoxy) is 1. The monoisotopic (exact) mass is 300 g/mol. The fourth-order valence-corrected chi connectivity index (χ4v) is 2.37. The van der Waals surface area contributed by atoms with Crippen molar-refractivity contribution < 1.29 is 14.8 Å². The van der Waals surface area contributed by atoms with Crippen LogP contribution in [0.5, 0.6) is 5.75 Å². The van der Waals surface area contributed by atoms with E-state index in [4.69, 9.17) is 9.84 Å². The first-order chi connectivity index (χ1) is 9.69. The Kier molecular flexibility index (Phi) is 7.82. The summed E-state index contributed by atoms with van der Waals surface area (Å²) in [5.41, 5.74) is 0.788. The van der Waals surface area contributed by atoms with E-state index in [0.717, 1.165) is 30.2 Å². The number of rotatable bonds is 10. The summed E-state index contributed by atoms with van der Waals surface area (Å²) in [5, 5.41) is 22.7. The minimum absolute atomic E-state index is 0.0188. The second-order valence-corrected chi connectivity index (χ2v) is 5.21. The maximum Gasteiger partial charge on any atom is 0.311 e. The number of nitro groups is 1. The topological polar surface area (TPSA) is 84.6 Å². The highest BCUT2D eigenvalue weighted by Gasteiger charge is 2.14. The smallest absolute Gasteiger partial charge is 0.311 e. The Bertz CT molecular complexity index is 429. The van der Waals surface area contributed by atoms with Crippen molar-refractivity contribution in [1.82, 2.24) is 0 Å². The van der Waals surface area contributed by atoms with Crippen LogP contribution in [0.1, 0.15) is 13.3 Å². The summed E-state index contributed by atoms with van der Waals surface area (Å²) in [6.45, 7) is 3.17. The third kappa shape index (κ3) is 5.66. The predicted molar refractivity (Wildman–Crippen MR) is 81.8 cm³/mol. The number of benzene rings is 1. The number of anilines is 1. The summed E-state index contributed by atoms with van der Waals surface area (Å²) in [6.07, 6.45) is 0.802. The standard InChI is InChI=1S/C13H20N2O4S/c1-2-19-13-10-11(4-5-12(13)15(17)18)14-6-9-20-8-3-7-16/h4-5,10,14,16H,2-3,6-9H2,1H3. The zero-order valence-corrected chi connectivity index (χ0v) is 12.3. The van der Waals surface area contributed by atoms with Crippen molar-refractivity contribution >= 4 is 23.1 Å². The van der Waals surface area contributed by atoms with Gasteiger partial charge in [0.15, 0.2) is 5.75 Å². The van der Waals surface area contributed by atoms with E-state index in [-0.39, 0.29) is 18.0 Å². The summed E-state index contributed by atoms with van der Waals surface area (Å²) >= 11 is 1.76. The Hall–Kier alpha value is -1.47. The van der Waals surface area contributed by atoms with Gasteiger partial charge in [0.05, 0.1) is 11.5 Å².